The summed E-state index contributed by atoms with van der Waals surface area (Å²) in [6.45, 7) is 2.01. The Morgan fingerprint density at radius 2 is 1.82 bits per heavy atom. The van der Waals surface area contributed by atoms with E-state index in [-0.39, 0.29) is 22.9 Å². The first-order valence-corrected chi connectivity index (χ1v) is 8.89. The van der Waals surface area contributed by atoms with Gasteiger partial charge in [0.15, 0.2) is 9.58 Å². The van der Waals surface area contributed by atoms with Crippen molar-refractivity contribution in [2.45, 2.75) is 56.9 Å². The molecule has 0 nitrogen and oxygen atoms in total. The Kier molecular flexibility index (Phi) is 5.59. The van der Waals surface area contributed by atoms with Crippen molar-refractivity contribution in [3.63, 3.8) is 0 Å². The molecule has 1 unspecified atom stereocenters. The highest BCUT2D eigenvalue weighted by Gasteiger charge is 2.49. The Morgan fingerprint density at radius 3 is 2.41 bits per heavy atom. The van der Waals surface area contributed by atoms with Gasteiger partial charge in [0.05, 0.1) is 10.5 Å². The molecule has 22 heavy (non-hydrogen) atoms. The van der Waals surface area contributed by atoms with E-state index in [4.69, 9.17) is 0 Å². The SMILES string of the molecule is CCc1cccc2c1cc(C1CCCCC1)[s+]2C(F)(F)F.[Br-]. The fraction of sp³-hybridized carbons (Fsp3) is 0.529. The van der Waals surface area contributed by atoms with Crippen LogP contribution in [0.15, 0.2) is 24.3 Å². The van der Waals surface area contributed by atoms with E-state index in [1.165, 1.54) is 0 Å². The number of thiophene rings is 1. The Labute approximate surface area is 142 Å². The lowest BCUT2D eigenvalue weighted by Gasteiger charge is -2.18. The molecule has 0 saturated heterocycles. The third-order valence-electron chi connectivity index (χ3n) is 4.52. The number of aryl methyl sites for hydroxylation is 1. The number of halogens is 4. The van der Waals surface area contributed by atoms with Crippen LogP contribution in [0.2, 0.25) is 0 Å². The van der Waals surface area contributed by atoms with Crippen molar-refractivity contribution in [1.82, 2.24) is 0 Å². The lowest BCUT2D eigenvalue weighted by Crippen LogP contribution is -3.00. The number of hydrogen-bond acceptors (Lipinski definition) is 0. The normalized spacial score (nSPS) is 17.5. The van der Waals surface area contributed by atoms with Crippen molar-refractivity contribution in [1.29, 1.82) is 0 Å². The van der Waals surface area contributed by atoms with Gasteiger partial charge in [0.25, 0.3) is 0 Å². The first-order chi connectivity index (χ1) is 10.0. The fourth-order valence-corrected chi connectivity index (χ4v) is 5.70. The summed E-state index contributed by atoms with van der Waals surface area (Å²) in [5.74, 6) is 0.126. The van der Waals surface area contributed by atoms with E-state index in [0.717, 1.165) is 49.5 Å². The van der Waals surface area contributed by atoms with Crippen LogP contribution in [0.3, 0.4) is 0 Å². The molecule has 5 heteroatoms. The maximum atomic E-state index is 13.7. The van der Waals surface area contributed by atoms with Crippen molar-refractivity contribution in [3.8, 4) is 0 Å². The molecule has 122 valence electrons. The summed E-state index contributed by atoms with van der Waals surface area (Å²) in [5, 5.41) is 0.848. The van der Waals surface area contributed by atoms with Crippen LogP contribution >= 0.6 is 10.5 Å². The molecule has 1 aliphatic carbocycles. The largest absolute Gasteiger partial charge is 1.00 e. The van der Waals surface area contributed by atoms with Gasteiger partial charge in [-0.1, -0.05) is 38.3 Å². The minimum absolute atomic E-state index is 0. The van der Waals surface area contributed by atoms with E-state index in [1.54, 1.807) is 12.1 Å². The van der Waals surface area contributed by atoms with Gasteiger partial charge < -0.3 is 17.0 Å². The summed E-state index contributed by atoms with van der Waals surface area (Å²) in [5.41, 5.74) is -3.11. The summed E-state index contributed by atoms with van der Waals surface area (Å²) in [6, 6.07) is 7.29. The fourth-order valence-electron chi connectivity index (χ4n) is 3.50. The third-order valence-corrected chi connectivity index (χ3v) is 6.70. The number of hydrogen-bond donors (Lipinski definition) is 0. The Balaban J connectivity index is 0.00000176. The molecule has 1 atom stereocenters. The van der Waals surface area contributed by atoms with Crippen LogP contribution in [0.25, 0.3) is 10.1 Å². The zero-order chi connectivity index (χ0) is 15.0. The van der Waals surface area contributed by atoms with Gasteiger partial charge in [-0.15, -0.1) is 13.2 Å². The van der Waals surface area contributed by atoms with Crippen molar-refractivity contribution in [2.24, 2.45) is 0 Å². The van der Waals surface area contributed by atoms with E-state index in [1.807, 2.05) is 19.1 Å². The van der Waals surface area contributed by atoms with Gasteiger partial charge >= 0.3 is 5.51 Å². The topological polar surface area (TPSA) is 0 Å². The Bertz CT molecular complexity index is 639. The van der Waals surface area contributed by atoms with Gasteiger partial charge in [-0.3, -0.25) is 0 Å². The molecule has 2 aromatic rings. The van der Waals surface area contributed by atoms with Gasteiger partial charge in [0, 0.05) is 17.4 Å². The zero-order valence-corrected chi connectivity index (χ0v) is 15.0. The maximum Gasteiger partial charge on any atom is 0.600 e. The second kappa shape index (κ2) is 6.91. The number of fused-ring (bicyclic) bond motifs is 1. The minimum Gasteiger partial charge on any atom is -1.00 e. The van der Waals surface area contributed by atoms with Crippen LogP contribution in [0.1, 0.15) is 55.4 Å². The number of alkyl halides is 3. The van der Waals surface area contributed by atoms with Crippen molar-refractivity contribution in [3.05, 3.63) is 34.7 Å². The second-order valence-electron chi connectivity index (χ2n) is 5.82. The predicted molar refractivity (Wildman–Crippen MR) is 82.9 cm³/mol. The highest BCUT2D eigenvalue weighted by atomic mass is 79.9. The lowest BCUT2D eigenvalue weighted by atomic mass is 9.88. The summed E-state index contributed by atoms with van der Waals surface area (Å²) < 4.78 is 41.5. The molecule has 0 bridgehead atoms. The molecule has 1 heterocycles. The van der Waals surface area contributed by atoms with Crippen molar-refractivity contribution < 1.29 is 30.2 Å². The summed E-state index contributed by atoms with van der Waals surface area (Å²) in [4.78, 5) is 0.651. The monoisotopic (exact) mass is 392 g/mol. The van der Waals surface area contributed by atoms with Crippen LogP contribution < -0.4 is 17.0 Å². The summed E-state index contributed by atoms with van der Waals surface area (Å²) >= 11 is 0. The molecule has 0 amide bonds. The first-order valence-electron chi connectivity index (χ1n) is 7.67. The molecule has 1 fully saturated rings. The second-order valence-corrected chi connectivity index (χ2v) is 7.80. The van der Waals surface area contributed by atoms with Gasteiger partial charge in [-0.25, -0.2) is 0 Å². The van der Waals surface area contributed by atoms with Gasteiger partial charge in [-0.05, 0) is 30.9 Å². The third kappa shape index (κ3) is 3.21. The van der Waals surface area contributed by atoms with Crippen LogP contribution in [-0.4, -0.2) is 0 Å². The smallest absolute Gasteiger partial charge is 0.600 e. The number of benzene rings is 1. The molecule has 1 aromatic heterocycles. The molecule has 0 spiro atoms. The zero-order valence-electron chi connectivity index (χ0n) is 12.5. The molecular weight excluding hydrogens is 373 g/mol. The van der Waals surface area contributed by atoms with Crippen LogP contribution in [0, 0.1) is 0 Å². The minimum atomic E-state index is -4.15. The lowest BCUT2D eigenvalue weighted by molar-refractivity contribution is -0.0868. The highest BCUT2D eigenvalue weighted by molar-refractivity contribution is 7.38. The Hall–Kier alpha value is -0.550. The highest BCUT2D eigenvalue weighted by Crippen LogP contribution is 2.55. The van der Waals surface area contributed by atoms with Gasteiger partial charge in [-0.2, -0.15) is 0 Å². The molecular formula is C17H20BrF3S. The van der Waals surface area contributed by atoms with Crippen molar-refractivity contribution in [2.75, 3.05) is 0 Å². The molecule has 1 aromatic carbocycles. The maximum absolute atomic E-state index is 13.7. The first kappa shape index (κ1) is 17.8. The van der Waals surface area contributed by atoms with Crippen LogP contribution in [0.4, 0.5) is 13.2 Å². The molecule has 3 rings (SSSR count). The molecule has 1 aliphatic rings. The van der Waals surface area contributed by atoms with Crippen molar-refractivity contribution >= 4 is 20.6 Å². The standard InChI is InChI=1S/C17H20F3S.BrH/c1-2-12-9-6-10-15-14(12)11-16(21(15)17(18,19)20)13-7-4-3-5-8-13;/h6,9-11,13H,2-5,7-8H2,1H3;1H/q+1;/p-1. The molecule has 1 saturated carbocycles. The quantitative estimate of drug-likeness (QED) is 0.683. The molecule has 0 radical (unpaired) electrons. The average molecular weight is 393 g/mol. The van der Waals surface area contributed by atoms with Crippen LogP contribution in [-0.2, 0) is 11.9 Å². The molecule has 0 N–H and O–H groups in total. The summed E-state index contributed by atoms with van der Waals surface area (Å²) in [6.07, 6.45) is 5.91. The predicted octanol–water partition coefficient (Wildman–Crippen LogP) is 3.68. The van der Waals surface area contributed by atoms with Crippen LogP contribution in [0.5, 0.6) is 0 Å². The van der Waals surface area contributed by atoms with Gasteiger partial charge in [0.1, 0.15) is 0 Å². The van der Waals surface area contributed by atoms with E-state index in [2.05, 4.69) is 0 Å². The molecule has 0 aliphatic heterocycles. The number of rotatable bonds is 2. The van der Waals surface area contributed by atoms with E-state index < -0.39 is 16.0 Å². The van der Waals surface area contributed by atoms with Gasteiger partial charge in [0.2, 0.25) is 0 Å². The average Bonchev–Trinajstić information content (AvgIpc) is 2.87. The Morgan fingerprint density at radius 1 is 1.14 bits per heavy atom. The van der Waals surface area contributed by atoms with E-state index in [0.29, 0.717) is 9.58 Å². The van der Waals surface area contributed by atoms with E-state index in [9.17, 15) is 13.2 Å². The van der Waals surface area contributed by atoms with E-state index >= 15 is 0 Å². The summed E-state index contributed by atoms with van der Waals surface area (Å²) in [7, 11) is -1.71.